The van der Waals surface area contributed by atoms with Gasteiger partial charge in [0.2, 0.25) is 5.91 Å². The number of carbonyl (C=O) groups excluding carboxylic acids is 3. The van der Waals surface area contributed by atoms with Crippen LogP contribution < -0.4 is 14.8 Å². The molecule has 1 aliphatic rings. The smallest absolute Gasteiger partial charge is 0.294 e. The van der Waals surface area contributed by atoms with Gasteiger partial charge in [0.15, 0.2) is 0 Å². The molecule has 1 N–H and O–H groups in total. The van der Waals surface area contributed by atoms with E-state index in [1.807, 2.05) is 48.5 Å². The predicted octanol–water partition coefficient (Wildman–Crippen LogP) is 4.82. The van der Waals surface area contributed by atoms with Crippen molar-refractivity contribution in [3.05, 3.63) is 95.4 Å². The molecule has 0 radical (unpaired) electrons. The maximum absolute atomic E-state index is 12.8. The summed E-state index contributed by atoms with van der Waals surface area (Å²) in [6, 6.07) is 25.5. The highest BCUT2D eigenvalue weighted by Gasteiger charge is 2.36. The first-order chi connectivity index (χ1) is 16.6. The van der Waals surface area contributed by atoms with E-state index < -0.39 is 17.1 Å². The number of rotatable bonds is 9. The Bertz CT molecular complexity index is 1200. The average Bonchev–Trinajstić information content (AvgIpc) is 3.11. The number of carbonyl (C=O) groups is 3. The molecule has 0 aliphatic carbocycles. The molecule has 0 spiro atoms. The lowest BCUT2D eigenvalue weighted by molar-refractivity contribution is -0.127. The zero-order chi connectivity index (χ0) is 23.8. The Morgan fingerprint density at radius 1 is 0.853 bits per heavy atom. The van der Waals surface area contributed by atoms with Crippen molar-refractivity contribution in [1.29, 1.82) is 0 Å². The second kappa shape index (κ2) is 11.2. The lowest BCUT2D eigenvalue weighted by Gasteiger charge is -2.12. The number of hydrogen-bond donors (Lipinski definition) is 1. The van der Waals surface area contributed by atoms with Crippen LogP contribution in [0, 0.1) is 0 Å². The van der Waals surface area contributed by atoms with Crippen molar-refractivity contribution < 1.29 is 23.9 Å². The lowest BCUT2D eigenvalue weighted by atomic mass is 10.2. The summed E-state index contributed by atoms with van der Waals surface area (Å²) in [5.41, 5.74) is 1.25. The first-order valence-corrected chi connectivity index (χ1v) is 11.4. The number of amides is 3. The highest BCUT2D eigenvalue weighted by molar-refractivity contribution is 8.18. The van der Waals surface area contributed by atoms with Gasteiger partial charge in [-0.05, 0) is 48.2 Å². The van der Waals surface area contributed by atoms with Crippen molar-refractivity contribution in [3.63, 3.8) is 0 Å². The molecule has 3 amide bonds. The number of imide groups is 1. The number of ether oxygens (including phenoxy) is 2. The minimum Gasteiger partial charge on any atom is -0.490 e. The number of nitrogens with zero attached hydrogens (tertiary/aromatic N) is 1. The molecule has 0 unspecified atom stereocenters. The second-order valence-corrected chi connectivity index (χ2v) is 8.22. The summed E-state index contributed by atoms with van der Waals surface area (Å²) in [7, 11) is 0. The van der Waals surface area contributed by atoms with Gasteiger partial charge in [-0.25, -0.2) is 0 Å². The molecule has 7 nitrogen and oxygen atoms in total. The number of thioether (sulfide) groups is 1. The number of benzene rings is 3. The van der Waals surface area contributed by atoms with E-state index in [1.165, 1.54) is 0 Å². The quantitative estimate of drug-likeness (QED) is 0.354. The van der Waals surface area contributed by atoms with Crippen LogP contribution in [0.15, 0.2) is 89.8 Å². The molecule has 8 heteroatoms. The van der Waals surface area contributed by atoms with Gasteiger partial charge in [-0.2, -0.15) is 0 Å². The molecule has 0 aromatic heterocycles. The molecular formula is C26H22N2O5S. The van der Waals surface area contributed by atoms with Gasteiger partial charge in [0, 0.05) is 11.3 Å². The van der Waals surface area contributed by atoms with Gasteiger partial charge < -0.3 is 14.8 Å². The van der Waals surface area contributed by atoms with Gasteiger partial charge in [-0.15, -0.1) is 0 Å². The van der Waals surface area contributed by atoms with Crippen LogP contribution in [0.25, 0.3) is 6.08 Å². The van der Waals surface area contributed by atoms with Gasteiger partial charge in [-0.3, -0.25) is 19.3 Å². The molecule has 1 aliphatic heterocycles. The monoisotopic (exact) mass is 474 g/mol. The van der Waals surface area contributed by atoms with E-state index >= 15 is 0 Å². The lowest BCUT2D eigenvalue weighted by Crippen LogP contribution is -2.36. The van der Waals surface area contributed by atoms with Crippen molar-refractivity contribution in [1.82, 2.24) is 4.90 Å². The van der Waals surface area contributed by atoms with Gasteiger partial charge in [0.1, 0.15) is 31.3 Å². The SMILES string of the molecule is O=C(CN1C(=O)S/C(=C/c2ccccc2OCCOc2ccccc2)C1=O)Nc1ccccc1. The van der Waals surface area contributed by atoms with Crippen LogP contribution in [0.5, 0.6) is 11.5 Å². The van der Waals surface area contributed by atoms with Gasteiger partial charge in [0.05, 0.1) is 4.91 Å². The average molecular weight is 475 g/mol. The Labute approximate surface area is 201 Å². The zero-order valence-corrected chi connectivity index (χ0v) is 19.0. The molecule has 4 rings (SSSR count). The highest BCUT2D eigenvalue weighted by atomic mass is 32.2. The standard InChI is InChI=1S/C26H22N2O5S/c29-24(27-20-10-3-1-4-11-20)18-28-25(30)23(34-26(28)31)17-19-9-7-8-14-22(19)33-16-15-32-21-12-5-2-6-13-21/h1-14,17H,15-16,18H2,(H,27,29)/b23-17+. The number of anilines is 1. The molecule has 0 bridgehead atoms. The number of nitrogens with one attached hydrogen (secondary N) is 1. The van der Waals surface area contributed by atoms with Crippen molar-refractivity contribution in [2.75, 3.05) is 25.1 Å². The van der Waals surface area contributed by atoms with E-state index in [4.69, 9.17) is 9.47 Å². The minimum atomic E-state index is -0.513. The second-order valence-electron chi connectivity index (χ2n) is 7.23. The van der Waals surface area contributed by atoms with Crippen molar-refractivity contribution in [3.8, 4) is 11.5 Å². The predicted molar refractivity (Wildman–Crippen MR) is 132 cm³/mol. The fraction of sp³-hybridized carbons (Fsp3) is 0.115. The third-order valence-corrected chi connectivity index (χ3v) is 5.70. The van der Waals surface area contributed by atoms with Crippen LogP contribution in [-0.4, -0.2) is 41.7 Å². The Balaban J connectivity index is 1.37. The normalized spacial score (nSPS) is 14.4. The molecule has 172 valence electrons. The molecule has 0 atom stereocenters. The maximum atomic E-state index is 12.8. The van der Waals surface area contributed by atoms with Gasteiger partial charge in [-0.1, -0.05) is 54.6 Å². The zero-order valence-electron chi connectivity index (χ0n) is 18.2. The molecule has 0 saturated carbocycles. The summed E-state index contributed by atoms with van der Waals surface area (Å²) in [5.74, 6) is 0.356. The summed E-state index contributed by atoms with van der Waals surface area (Å²) in [6.45, 7) is 0.304. The summed E-state index contributed by atoms with van der Waals surface area (Å²) in [6.07, 6.45) is 1.60. The van der Waals surface area contributed by atoms with Crippen LogP contribution in [-0.2, 0) is 9.59 Å². The van der Waals surface area contributed by atoms with Gasteiger partial charge in [0.25, 0.3) is 11.1 Å². The van der Waals surface area contributed by atoms with E-state index in [2.05, 4.69) is 5.32 Å². The third kappa shape index (κ3) is 6.05. The fourth-order valence-corrected chi connectivity index (χ4v) is 4.03. The van der Waals surface area contributed by atoms with Crippen LogP contribution in [0.1, 0.15) is 5.56 Å². The summed E-state index contributed by atoms with van der Waals surface area (Å²) in [4.78, 5) is 38.7. The van der Waals surface area contributed by atoms with Gasteiger partial charge >= 0.3 is 0 Å². The molecule has 3 aromatic carbocycles. The number of para-hydroxylation sites is 3. The van der Waals surface area contributed by atoms with Crippen LogP contribution in [0.2, 0.25) is 0 Å². The maximum Gasteiger partial charge on any atom is 0.294 e. The van der Waals surface area contributed by atoms with E-state index in [0.717, 1.165) is 22.4 Å². The van der Waals surface area contributed by atoms with Crippen molar-refractivity contribution >= 4 is 40.6 Å². The molecule has 1 heterocycles. The highest BCUT2D eigenvalue weighted by Crippen LogP contribution is 2.34. The molecular weight excluding hydrogens is 452 g/mol. The Morgan fingerprint density at radius 2 is 1.50 bits per heavy atom. The van der Waals surface area contributed by atoms with E-state index in [9.17, 15) is 14.4 Å². The van der Waals surface area contributed by atoms with E-state index in [1.54, 1.807) is 42.5 Å². The van der Waals surface area contributed by atoms with E-state index in [-0.39, 0.29) is 11.4 Å². The Kier molecular flexibility index (Phi) is 7.62. The molecule has 1 saturated heterocycles. The third-order valence-electron chi connectivity index (χ3n) is 4.79. The largest absolute Gasteiger partial charge is 0.490 e. The summed E-state index contributed by atoms with van der Waals surface area (Å²) >= 11 is 0.798. The van der Waals surface area contributed by atoms with E-state index in [0.29, 0.717) is 30.2 Å². The molecule has 34 heavy (non-hydrogen) atoms. The van der Waals surface area contributed by atoms with Crippen molar-refractivity contribution in [2.45, 2.75) is 0 Å². The fourth-order valence-electron chi connectivity index (χ4n) is 3.20. The summed E-state index contributed by atoms with van der Waals surface area (Å²) in [5, 5.41) is 2.19. The summed E-state index contributed by atoms with van der Waals surface area (Å²) < 4.78 is 11.5. The molecule has 1 fully saturated rings. The van der Waals surface area contributed by atoms with Crippen LogP contribution >= 0.6 is 11.8 Å². The topological polar surface area (TPSA) is 84.9 Å². The van der Waals surface area contributed by atoms with Crippen LogP contribution in [0.4, 0.5) is 10.5 Å². The first kappa shape index (κ1) is 23.1. The first-order valence-electron chi connectivity index (χ1n) is 10.6. The Morgan fingerprint density at radius 3 is 2.26 bits per heavy atom. The Hall–Kier alpha value is -4.04. The number of hydrogen-bond acceptors (Lipinski definition) is 6. The van der Waals surface area contributed by atoms with Crippen LogP contribution in [0.3, 0.4) is 0 Å². The van der Waals surface area contributed by atoms with Crippen molar-refractivity contribution in [2.24, 2.45) is 0 Å². The molecule has 3 aromatic rings. The minimum absolute atomic E-state index is 0.231.